The highest BCUT2D eigenvalue weighted by atomic mass is 35.5. The van der Waals surface area contributed by atoms with E-state index in [2.05, 4.69) is 38.8 Å². The Labute approximate surface area is 314 Å². The number of nitrogens with one attached hydrogen (secondary N) is 1. The number of amides is 1. The molecule has 0 aromatic heterocycles. The van der Waals surface area contributed by atoms with Crippen molar-refractivity contribution in [1.82, 2.24) is 9.62 Å². The molecule has 8 rings (SSSR count). The third-order valence-electron chi connectivity index (χ3n) is 13.3. The van der Waals surface area contributed by atoms with Crippen LogP contribution in [0.3, 0.4) is 0 Å². The van der Waals surface area contributed by atoms with Gasteiger partial charge in [-0.1, -0.05) is 36.7 Å². The molecule has 2 bridgehead atoms. The van der Waals surface area contributed by atoms with Gasteiger partial charge in [-0.3, -0.25) is 9.69 Å². The van der Waals surface area contributed by atoms with Crippen molar-refractivity contribution >= 4 is 33.2 Å². The number of sulfonamides is 1. The minimum atomic E-state index is -3.94. The van der Waals surface area contributed by atoms with Gasteiger partial charge < -0.3 is 19.1 Å². The number of hydrogen-bond donors (Lipinski definition) is 1. The third-order valence-corrected chi connectivity index (χ3v) is 15.5. The van der Waals surface area contributed by atoms with E-state index in [0.29, 0.717) is 43.0 Å². The van der Waals surface area contributed by atoms with Crippen LogP contribution in [-0.2, 0) is 31.3 Å². The fourth-order valence-corrected chi connectivity index (χ4v) is 11.4. The number of hydrogen-bond acceptors (Lipinski definition) is 8. The maximum absolute atomic E-state index is 13.6. The van der Waals surface area contributed by atoms with Crippen LogP contribution < -0.4 is 14.4 Å². The summed E-state index contributed by atoms with van der Waals surface area (Å²) in [4.78, 5) is 18.7. The zero-order valence-electron chi connectivity index (χ0n) is 30.7. The lowest BCUT2D eigenvalue weighted by atomic mass is 9.63. The zero-order chi connectivity index (χ0) is 36.1. The number of benzene rings is 2. The molecule has 52 heavy (non-hydrogen) atoms. The molecule has 4 aliphatic heterocycles. The van der Waals surface area contributed by atoms with Crippen LogP contribution in [0.15, 0.2) is 48.6 Å². The minimum absolute atomic E-state index is 0.203. The molecule has 3 fully saturated rings. The Morgan fingerprint density at radius 3 is 2.67 bits per heavy atom. The second-order valence-corrected chi connectivity index (χ2v) is 19.1. The Morgan fingerprint density at radius 2 is 1.87 bits per heavy atom. The Hall–Kier alpha value is -2.63. The van der Waals surface area contributed by atoms with Crippen LogP contribution in [0.25, 0.3) is 0 Å². The zero-order valence-corrected chi connectivity index (χ0v) is 32.2. The number of aryl methyl sites for hydroxylation is 1. The number of carbonyl (C=O) groups excluding carboxylic acids is 1. The Kier molecular flexibility index (Phi) is 10.2. The number of carbonyl (C=O) groups is 1. The summed E-state index contributed by atoms with van der Waals surface area (Å²) in [7, 11) is -3.94. The summed E-state index contributed by atoms with van der Waals surface area (Å²) < 4.78 is 48.9. The molecule has 2 aromatic carbocycles. The van der Waals surface area contributed by atoms with Crippen LogP contribution in [0.2, 0.25) is 5.02 Å². The molecular weight excluding hydrogens is 698 g/mol. The largest absolute Gasteiger partial charge is 0.490 e. The fraction of sp³-hybridized carbons (Fsp3) is 0.634. The molecule has 1 amide bonds. The second-order valence-electron chi connectivity index (χ2n) is 16.6. The van der Waals surface area contributed by atoms with E-state index in [1.165, 1.54) is 11.1 Å². The molecule has 1 N–H and O–H groups in total. The van der Waals surface area contributed by atoms with Crippen LogP contribution >= 0.6 is 11.6 Å². The van der Waals surface area contributed by atoms with E-state index in [0.717, 1.165) is 107 Å². The molecule has 6 atom stereocenters. The van der Waals surface area contributed by atoms with Crippen molar-refractivity contribution in [3.63, 3.8) is 0 Å². The number of morpholine rings is 1. The predicted octanol–water partition coefficient (Wildman–Crippen LogP) is 6.38. The van der Waals surface area contributed by atoms with E-state index < -0.39 is 26.8 Å². The molecule has 6 aliphatic rings. The van der Waals surface area contributed by atoms with E-state index in [1.54, 1.807) is 13.0 Å². The first-order valence-electron chi connectivity index (χ1n) is 19.5. The molecule has 4 heterocycles. The fourth-order valence-electron chi connectivity index (χ4n) is 9.97. The van der Waals surface area contributed by atoms with Gasteiger partial charge in [0.25, 0.3) is 5.91 Å². The lowest BCUT2D eigenvalue weighted by Crippen LogP contribution is -2.61. The summed E-state index contributed by atoms with van der Waals surface area (Å²) >= 11 is 6.50. The van der Waals surface area contributed by atoms with Crippen molar-refractivity contribution in [2.24, 2.45) is 23.7 Å². The van der Waals surface area contributed by atoms with Crippen LogP contribution in [0.5, 0.6) is 5.75 Å². The first-order chi connectivity index (χ1) is 25.0. The summed E-state index contributed by atoms with van der Waals surface area (Å²) in [5.74, 6) is 1.21. The molecule has 1 saturated carbocycles. The maximum atomic E-state index is 13.6. The number of rotatable bonds is 2. The highest BCUT2D eigenvalue weighted by Gasteiger charge is 2.51. The number of halogens is 1. The van der Waals surface area contributed by atoms with Crippen LogP contribution in [-0.4, -0.2) is 89.2 Å². The van der Waals surface area contributed by atoms with E-state index >= 15 is 0 Å². The van der Waals surface area contributed by atoms with Crippen molar-refractivity contribution < 1.29 is 27.4 Å². The molecule has 2 spiro atoms. The monoisotopic (exact) mass is 751 g/mol. The number of nitrogens with zero attached hydrogens (tertiary/aromatic N) is 2. The summed E-state index contributed by atoms with van der Waals surface area (Å²) in [6.45, 7) is 10.9. The lowest BCUT2D eigenvalue weighted by molar-refractivity contribution is -0.147. The van der Waals surface area contributed by atoms with Crippen LogP contribution in [0.4, 0.5) is 5.69 Å². The summed E-state index contributed by atoms with van der Waals surface area (Å²) in [5.41, 5.74) is 3.02. The molecular formula is C41H54ClN3O6S. The van der Waals surface area contributed by atoms with E-state index in [9.17, 15) is 13.2 Å². The summed E-state index contributed by atoms with van der Waals surface area (Å²) in [6.07, 6.45) is 12.4. The van der Waals surface area contributed by atoms with Crippen molar-refractivity contribution in [2.75, 3.05) is 64.1 Å². The molecule has 9 nitrogen and oxygen atoms in total. The van der Waals surface area contributed by atoms with Gasteiger partial charge >= 0.3 is 0 Å². The predicted molar refractivity (Wildman–Crippen MR) is 204 cm³/mol. The van der Waals surface area contributed by atoms with E-state index in [-0.39, 0.29) is 11.3 Å². The van der Waals surface area contributed by atoms with Crippen molar-refractivity contribution in [1.29, 1.82) is 0 Å². The van der Waals surface area contributed by atoms with Gasteiger partial charge in [-0.15, -0.1) is 0 Å². The highest BCUT2D eigenvalue weighted by molar-refractivity contribution is 7.90. The number of fused-ring (bicyclic) bond motifs is 5. The molecule has 282 valence electrons. The Bertz CT molecular complexity index is 1800. The number of ether oxygens (including phenoxy) is 3. The average Bonchev–Trinajstić information content (AvgIpc) is 3.26. The van der Waals surface area contributed by atoms with Gasteiger partial charge in [0.05, 0.1) is 24.2 Å². The topological polar surface area (TPSA) is 97.4 Å². The third kappa shape index (κ3) is 7.03. The van der Waals surface area contributed by atoms with Gasteiger partial charge in [-0.05, 0) is 123 Å². The first kappa shape index (κ1) is 36.4. The normalized spacial score (nSPS) is 34.7. The molecule has 0 unspecified atom stereocenters. The quantitative estimate of drug-likeness (QED) is 0.354. The van der Waals surface area contributed by atoms with Crippen molar-refractivity contribution in [2.45, 2.75) is 81.5 Å². The molecule has 2 aromatic rings. The number of allylic oxidation sites excluding steroid dienone is 1. The van der Waals surface area contributed by atoms with Gasteiger partial charge in [-0.2, -0.15) is 0 Å². The first-order valence-corrected chi connectivity index (χ1v) is 21.5. The Balaban J connectivity index is 1.18. The number of anilines is 1. The summed E-state index contributed by atoms with van der Waals surface area (Å²) in [6, 6.07) is 11.7. The molecule has 2 saturated heterocycles. The van der Waals surface area contributed by atoms with Crippen molar-refractivity contribution in [3.8, 4) is 5.75 Å². The highest BCUT2D eigenvalue weighted by Crippen LogP contribution is 2.50. The maximum Gasteiger partial charge on any atom is 0.264 e. The van der Waals surface area contributed by atoms with Crippen LogP contribution in [0.1, 0.15) is 80.3 Å². The van der Waals surface area contributed by atoms with Gasteiger partial charge in [0.2, 0.25) is 10.0 Å². The molecule has 11 heteroatoms. The minimum Gasteiger partial charge on any atom is -0.490 e. The van der Waals surface area contributed by atoms with Gasteiger partial charge in [0, 0.05) is 61.9 Å². The second kappa shape index (κ2) is 14.5. The van der Waals surface area contributed by atoms with E-state index in [1.807, 2.05) is 25.1 Å². The summed E-state index contributed by atoms with van der Waals surface area (Å²) in [5, 5.41) is -0.0129. The molecule has 0 radical (unpaired) electrons. The average molecular weight is 752 g/mol. The Morgan fingerprint density at radius 1 is 1.02 bits per heavy atom. The van der Waals surface area contributed by atoms with Gasteiger partial charge in [0.1, 0.15) is 11.4 Å². The smallest absolute Gasteiger partial charge is 0.264 e. The van der Waals surface area contributed by atoms with Crippen LogP contribution in [0, 0.1) is 23.7 Å². The molecule has 2 aliphatic carbocycles. The van der Waals surface area contributed by atoms with Gasteiger partial charge in [-0.25, -0.2) is 13.1 Å². The van der Waals surface area contributed by atoms with E-state index in [4.69, 9.17) is 25.8 Å². The van der Waals surface area contributed by atoms with Gasteiger partial charge in [0.15, 0.2) is 0 Å². The lowest BCUT2D eigenvalue weighted by Gasteiger charge is -2.54. The SMILES string of the molecule is C[C@@H]1[C@@H](C)C/C=C/[C@]2(CN(CC3CCOCC3)CCO2)[C@@H]2CC[C@H]2CN2C[C@@]3(CCCc4cc(Cl)ccc43)COc3ccc(cc32)C(=O)NS1(=O)=O. The standard InChI is InChI=1S/C41H54ClN3O6S/c1-28-5-3-16-41(26-44(17-20-51-41)23-30-13-18-49-19-14-30)36-10-7-33(36)24-45-25-40(15-4-6-31-21-34(42)9-11-35(31)40)27-50-38-12-8-32(22-37(38)45)39(46)43-52(47,48)29(28)2/h3,8-9,11-12,16,21-22,28-30,33,36H,4-7,10,13-15,17-20,23-27H2,1-2H3,(H,43,46)/b16-3+/t28-,29+,33-,36+,40-,41-/m0/s1. The van der Waals surface area contributed by atoms with Crippen molar-refractivity contribution in [3.05, 3.63) is 70.3 Å².